The second kappa shape index (κ2) is 9.17. The summed E-state index contributed by atoms with van der Waals surface area (Å²) in [6, 6.07) is 0. The lowest BCUT2D eigenvalue weighted by Crippen LogP contribution is -2.29. The van der Waals surface area contributed by atoms with Crippen LogP contribution in [0.1, 0.15) is 71.9 Å². The SMILES string of the molecule is CC(C)CCn1c(CN2CCCCCCC2)cnc1S(=O)(=O)C(C)C. The van der Waals surface area contributed by atoms with E-state index in [1.807, 2.05) is 4.57 Å². The molecule has 0 amide bonds. The zero-order valence-corrected chi connectivity index (χ0v) is 17.2. The molecule has 0 bridgehead atoms. The Labute approximate surface area is 153 Å². The van der Waals surface area contributed by atoms with Crippen molar-refractivity contribution in [2.45, 2.75) is 89.7 Å². The third-order valence-corrected chi connectivity index (χ3v) is 7.12. The third kappa shape index (κ3) is 5.55. The molecule has 0 N–H and O–H groups in total. The van der Waals surface area contributed by atoms with Gasteiger partial charge in [-0.2, -0.15) is 0 Å². The molecule has 0 unspecified atom stereocenters. The summed E-state index contributed by atoms with van der Waals surface area (Å²) in [5.74, 6) is 0.534. The standard InChI is InChI=1S/C19H35N3O2S/c1-16(2)10-13-22-18(14-20-19(22)25(23,24)17(3)4)15-21-11-8-6-5-7-9-12-21/h14,16-17H,5-13,15H2,1-4H3. The van der Waals surface area contributed by atoms with Crippen LogP contribution >= 0.6 is 0 Å². The van der Waals surface area contributed by atoms with Crippen molar-refractivity contribution in [2.24, 2.45) is 5.92 Å². The van der Waals surface area contributed by atoms with Crippen molar-refractivity contribution in [2.75, 3.05) is 13.1 Å². The summed E-state index contributed by atoms with van der Waals surface area (Å²) in [4.78, 5) is 6.81. The van der Waals surface area contributed by atoms with E-state index in [2.05, 4.69) is 23.7 Å². The third-order valence-electron chi connectivity index (χ3n) is 5.04. The van der Waals surface area contributed by atoms with Crippen LogP contribution in [0, 0.1) is 5.92 Å². The average Bonchev–Trinajstić information content (AvgIpc) is 2.90. The van der Waals surface area contributed by atoms with Crippen molar-refractivity contribution in [3.8, 4) is 0 Å². The zero-order chi connectivity index (χ0) is 18.4. The van der Waals surface area contributed by atoms with Gasteiger partial charge in [-0.1, -0.05) is 33.1 Å². The lowest BCUT2D eigenvalue weighted by molar-refractivity contribution is 0.233. The summed E-state index contributed by atoms with van der Waals surface area (Å²) in [6.07, 6.45) is 9.16. The molecule has 6 heteroatoms. The van der Waals surface area contributed by atoms with Crippen LogP contribution in [-0.2, 0) is 22.9 Å². The quantitative estimate of drug-likeness (QED) is 0.732. The van der Waals surface area contributed by atoms with Gasteiger partial charge in [-0.15, -0.1) is 0 Å². The molecular weight excluding hydrogens is 334 g/mol. The number of aromatic nitrogens is 2. The average molecular weight is 370 g/mol. The molecule has 25 heavy (non-hydrogen) atoms. The van der Waals surface area contributed by atoms with Crippen LogP contribution in [0.2, 0.25) is 0 Å². The fourth-order valence-electron chi connectivity index (χ4n) is 3.28. The van der Waals surface area contributed by atoms with Gasteiger partial charge in [-0.05, 0) is 52.1 Å². The molecule has 0 spiro atoms. The molecule has 2 heterocycles. The van der Waals surface area contributed by atoms with Crippen molar-refractivity contribution in [3.05, 3.63) is 11.9 Å². The first-order valence-electron chi connectivity index (χ1n) is 9.83. The van der Waals surface area contributed by atoms with Crippen LogP contribution in [0.5, 0.6) is 0 Å². The number of hydrogen-bond donors (Lipinski definition) is 0. The van der Waals surface area contributed by atoms with E-state index in [9.17, 15) is 8.42 Å². The van der Waals surface area contributed by atoms with E-state index >= 15 is 0 Å². The van der Waals surface area contributed by atoms with Gasteiger partial charge in [0.1, 0.15) is 0 Å². The number of nitrogens with zero attached hydrogens (tertiary/aromatic N) is 3. The molecule has 1 aromatic rings. The van der Waals surface area contributed by atoms with Crippen molar-refractivity contribution in [1.29, 1.82) is 0 Å². The van der Waals surface area contributed by atoms with Gasteiger partial charge in [0.05, 0.1) is 17.1 Å². The molecule has 1 fully saturated rings. The van der Waals surface area contributed by atoms with Gasteiger partial charge in [-0.25, -0.2) is 13.4 Å². The molecule has 1 aliphatic rings. The van der Waals surface area contributed by atoms with Crippen LogP contribution in [-0.4, -0.2) is 41.2 Å². The van der Waals surface area contributed by atoms with Gasteiger partial charge in [-0.3, -0.25) is 4.90 Å². The topological polar surface area (TPSA) is 55.2 Å². The van der Waals surface area contributed by atoms with E-state index < -0.39 is 15.1 Å². The molecule has 2 rings (SSSR count). The molecule has 1 saturated heterocycles. The maximum absolute atomic E-state index is 12.7. The maximum Gasteiger partial charge on any atom is 0.228 e. The summed E-state index contributed by atoms with van der Waals surface area (Å²) in [6.45, 7) is 11.5. The van der Waals surface area contributed by atoms with Gasteiger partial charge in [0.15, 0.2) is 0 Å². The Bertz CT molecular complexity index is 627. The Morgan fingerprint density at radius 3 is 2.20 bits per heavy atom. The minimum Gasteiger partial charge on any atom is -0.318 e. The Morgan fingerprint density at radius 2 is 1.64 bits per heavy atom. The summed E-state index contributed by atoms with van der Waals surface area (Å²) < 4.78 is 27.4. The van der Waals surface area contributed by atoms with Crippen LogP contribution in [0.15, 0.2) is 11.4 Å². The Kier molecular flexibility index (Phi) is 7.50. The fourth-order valence-corrected chi connectivity index (χ4v) is 4.42. The molecule has 0 saturated carbocycles. The number of rotatable bonds is 7. The minimum absolute atomic E-state index is 0.255. The lowest BCUT2D eigenvalue weighted by atomic mass is 10.1. The molecule has 0 radical (unpaired) electrons. The highest BCUT2D eigenvalue weighted by molar-refractivity contribution is 7.91. The molecule has 1 aromatic heterocycles. The van der Waals surface area contributed by atoms with E-state index in [1.54, 1.807) is 20.0 Å². The number of sulfone groups is 1. The largest absolute Gasteiger partial charge is 0.318 e. The van der Waals surface area contributed by atoms with Crippen molar-refractivity contribution in [1.82, 2.24) is 14.5 Å². The van der Waals surface area contributed by atoms with E-state index in [0.717, 1.165) is 38.3 Å². The predicted octanol–water partition coefficient (Wildman–Crippen LogP) is 3.88. The number of likely N-dealkylation sites (tertiary alicyclic amines) is 1. The first-order chi connectivity index (χ1) is 11.8. The van der Waals surface area contributed by atoms with Crippen LogP contribution in [0.4, 0.5) is 0 Å². The Morgan fingerprint density at radius 1 is 1.04 bits per heavy atom. The smallest absolute Gasteiger partial charge is 0.228 e. The molecule has 1 aliphatic heterocycles. The van der Waals surface area contributed by atoms with E-state index in [0.29, 0.717) is 5.92 Å². The molecule has 0 atom stereocenters. The molecule has 0 aliphatic carbocycles. The van der Waals surface area contributed by atoms with E-state index in [4.69, 9.17) is 0 Å². The van der Waals surface area contributed by atoms with Crippen LogP contribution in [0.3, 0.4) is 0 Å². The van der Waals surface area contributed by atoms with E-state index in [-0.39, 0.29) is 5.16 Å². The first kappa shape index (κ1) is 20.4. The monoisotopic (exact) mass is 369 g/mol. The molecule has 144 valence electrons. The van der Waals surface area contributed by atoms with Gasteiger partial charge >= 0.3 is 0 Å². The summed E-state index contributed by atoms with van der Waals surface area (Å²) >= 11 is 0. The summed E-state index contributed by atoms with van der Waals surface area (Å²) in [7, 11) is -3.36. The maximum atomic E-state index is 12.7. The molecular formula is C19H35N3O2S. The Hall–Kier alpha value is -0.880. The van der Waals surface area contributed by atoms with Crippen molar-refractivity contribution >= 4 is 9.84 Å². The van der Waals surface area contributed by atoms with Crippen molar-refractivity contribution in [3.63, 3.8) is 0 Å². The highest BCUT2D eigenvalue weighted by Crippen LogP contribution is 2.21. The summed E-state index contributed by atoms with van der Waals surface area (Å²) in [5, 5.41) is -0.188. The fraction of sp³-hybridized carbons (Fsp3) is 0.842. The normalized spacial score (nSPS) is 17.8. The lowest BCUT2D eigenvalue weighted by Gasteiger charge is -2.25. The number of hydrogen-bond acceptors (Lipinski definition) is 4. The second-order valence-electron chi connectivity index (χ2n) is 8.00. The van der Waals surface area contributed by atoms with Gasteiger partial charge in [0.2, 0.25) is 15.0 Å². The Balaban J connectivity index is 2.25. The van der Waals surface area contributed by atoms with E-state index in [1.165, 1.54) is 32.1 Å². The van der Waals surface area contributed by atoms with Gasteiger partial charge < -0.3 is 4.57 Å². The van der Waals surface area contributed by atoms with Crippen LogP contribution in [0.25, 0.3) is 0 Å². The zero-order valence-electron chi connectivity index (χ0n) is 16.4. The second-order valence-corrected chi connectivity index (χ2v) is 10.4. The van der Waals surface area contributed by atoms with Crippen LogP contribution < -0.4 is 0 Å². The highest BCUT2D eigenvalue weighted by Gasteiger charge is 2.27. The minimum atomic E-state index is -3.36. The predicted molar refractivity (Wildman–Crippen MR) is 102 cm³/mol. The molecule has 0 aromatic carbocycles. The highest BCUT2D eigenvalue weighted by atomic mass is 32.2. The summed E-state index contributed by atoms with van der Waals surface area (Å²) in [5.41, 5.74) is 1.04. The van der Waals surface area contributed by atoms with Gasteiger partial charge in [0, 0.05) is 13.1 Å². The molecule has 5 nitrogen and oxygen atoms in total. The van der Waals surface area contributed by atoms with Gasteiger partial charge in [0.25, 0.3) is 0 Å². The first-order valence-corrected chi connectivity index (χ1v) is 11.4. The van der Waals surface area contributed by atoms with Crippen molar-refractivity contribution < 1.29 is 8.42 Å². The number of imidazole rings is 1.